The molecule has 2 rings (SSSR count). The third-order valence-corrected chi connectivity index (χ3v) is 2.89. The third-order valence-electron chi connectivity index (χ3n) is 2.52. The standard InChI is InChI=1S/C16H13ClO2/c17-16-6-2-1-5-14(16)12-19-15-9-7-13(8-10-15)4-3-11-18/h1-2,5-10,18H,11-12H2. The molecular formula is C16H13ClO2. The minimum atomic E-state index is -0.134. The van der Waals surface area contributed by atoms with Crippen LogP contribution in [-0.4, -0.2) is 11.7 Å². The van der Waals surface area contributed by atoms with Gasteiger partial charge in [-0.1, -0.05) is 41.6 Å². The largest absolute Gasteiger partial charge is 0.489 e. The second-order valence-electron chi connectivity index (χ2n) is 3.86. The van der Waals surface area contributed by atoms with Crippen molar-refractivity contribution in [3.8, 4) is 17.6 Å². The van der Waals surface area contributed by atoms with Gasteiger partial charge in [0.15, 0.2) is 0 Å². The molecule has 1 N–H and O–H groups in total. The maximum absolute atomic E-state index is 8.61. The van der Waals surface area contributed by atoms with E-state index in [1.54, 1.807) is 0 Å². The molecule has 0 heterocycles. The Labute approximate surface area is 117 Å². The summed E-state index contributed by atoms with van der Waals surface area (Å²) in [6.45, 7) is 0.298. The molecule has 2 nitrogen and oxygen atoms in total. The summed E-state index contributed by atoms with van der Waals surface area (Å²) in [5.74, 6) is 6.18. The van der Waals surface area contributed by atoms with Crippen molar-refractivity contribution in [1.82, 2.24) is 0 Å². The number of halogens is 1. The first-order valence-corrected chi connectivity index (χ1v) is 6.23. The number of aliphatic hydroxyl groups excluding tert-OH is 1. The number of hydrogen-bond donors (Lipinski definition) is 1. The van der Waals surface area contributed by atoms with Gasteiger partial charge in [-0.05, 0) is 30.3 Å². The zero-order valence-corrected chi connectivity index (χ0v) is 11.0. The molecule has 3 heteroatoms. The van der Waals surface area contributed by atoms with Crippen LogP contribution in [0.4, 0.5) is 0 Å². The monoisotopic (exact) mass is 272 g/mol. The van der Waals surface area contributed by atoms with Gasteiger partial charge in [-0.2, -0.15) is 0 Å². The molecule has 0 fully saturated rings. The molecule has 0 unspecified atom stereocenters. The summed E-state index contributed by atoms with van der Waals surface area (Å²) in [5, 5.41) is 9.31. The van der Waals surface area contributed by atoms with Crippen molar-refractivity contribution < 1.29 is 9.84 Å². The highest BCUT2D eigenvalue weighted by molar-refractivity contribution is 6.31. The first kappa shape index (κ1) is 13.5. The smallest absolute Gasteiger partial charge is 0.119 e. The Bertz CT molecular complexity index is 594. The average Bonchev–Trinajstić information content (AvgIpc) is 2.45. The van der Waals surface area contributed by atoms with Gasteiger partial charge in [0, 0.05) is 16.1 Å². The number of ether oxygens (including phenoxy) is 1. The summed E-state index contributed by atoms with van der Waals surface area (Å²) in [6.07, 6.45) is 0. The van der Waals surface area contributed by atoms with Gasteiger partial charge in [0.1, 0.15) is 19.0 Å². The Hall–Kier alpha value is -1.95. The predicted octanol–water partition coefficient (Wildman–Crippen LogP) is 3.26. The lowest BCUT2D eigenvalue weighted by atomic mass is 10.2. The van der Waals surface area contributed by atoms with Crippen molar-refractivity contribution in [3.05, 3.63) is 64.7 Å². The maximum Gasteiger partial charge on any atom is 0.119 e. The molecule has 96 valence electrons. The van der Waals surface area contributed by atoms with E-state index in [2.05, 4.69) is 11.8 Å². The van der Waals surface area contributed by atoms with E-state index in [9.17, 15) is 0 Å². The first-order chi connectivity index (χ1) is 9.29. The van der Waals surface area contributed by atoms with Gasteiger partial charge in [-0.15, -0.1) is 0 Å². The van der Waals surface area contributed by atoms with Crippen LogP contribution >= 0.6 is 11.6 Å². The highest BCUT2D eigenvalue weighted by atomic mass is 35.5. The predicted molar refractivity (Wildman–Crippen MR) is 76.2 cm³/mol. The van der Waals surface area contributed by atoms with Crippen molar-refractivity contribution in [1.29, 1.82) is 0 Å². The van der Waals surface area contributed by atoms with Crippen molar-refractivity contribution in [3.63, 3.8) is 0 Å². The fraction of sp³-hybridized carbons (Fsp3) is 0.125. The fourth-order valence-electron chi connectivity index (χ4n) is 1.55. The van der Waals surface area contributed by atoms with Crippen LogP contribution in [0.1, 0.15) is 11.1 Å². The second-order valence-corrected chi connectivity index (χ2v) is 4.27. The Morgan fingerprint density at radius 2 is 1.79 bits per heavy atom. The second kappa shape index (κ2) is 6.84. The number of benzene rings is 2. The van der Waals surface area contributed by atoms with E-state index in [0.29, 0.717) is 11.6 Å². The van der Waals surface area contributed by atoms with Crippen molar-refractivity contribution in [2.75, 3.05) is 6.61 Å². The van der Waals surface area contributed by atoms with Crippen LogP contribution in [0, 0.1) is 11.8 Å². The van der Waals surface area contributed by atoms with Gasteiger partial charge < -0.3 is 9.84 Å². The van der Waals surface area contributed by atoms with Crippen molar-refractivity contribution in [2.45, 2.75) is 6.61 Å². The van der Waals surface area contributed by atoms with Gasteiger partial charge in [0.2, 0.25) is 0 Å². The van der Waals surface area contributed by atoms with E-state index in [1.807, 2.05) is 48.5 Å². The summed E-state index contributed by atoms with van der Waals surface area (Å²) in [7, 11) is 0. The molecule has 2 aromatic rings. The highest BCUT2D eigenvalue weighted by Crippen LogP contribution is 2.18. The average molecular weight is 273 g/mol. The van der Waals surface area contributed by atoms with Crippen LogP contribution in [0.15, 0.2) is 48.5 Å². The molecule has 0 saturated carbocycles. The maximum atomic E-state index is 8.61. The zero-order valence-electron chi connectivity index (χ0n) is 10.3. The molecule has 19 heavy (non-hydrogen) atoms. The molecule has 0 bridgehead atoms. The molecule has 0 aromatic heterocycles. The van der Waals surface area contributed by atoms with Gasteiger partial charge in [0.25, 0.3) is 0 Å². The lowest BCUT2D eigenvalue weighted by Gasteiger charge is -2.07. The topological polar surface area (TPSA) is 29.5 Å². The minimum absolute atomic E-state index is 0.134. The third kappa shape index (κ3) is 4.03. The Kier molecular flexibility index (Phi) is 4.85. The SMILES string of the molecule is OCC#Cc1ccc(OCc2ccccc2Cl)cc1. The Morgan fingerprint density at radius 3 is 2.47 bits per heavy atom. The summed E-state index contributed by atoms with van der Waals surface area (Å²) >= 11 is 6.05. The van der Waals surface area contributed by atoms with Crippen molar-refractivity contribution in [2.24, 2.45) is 0 Å². The number of rotatable bonds is 3. The van der Waals surface area contributed by atoms with Gasteiger partial charge in [-0.3, -0.25) is 0 Å². The summed E-state index contributed by atoms with van der Waals surface area (Å²) < 4.78 is 5.65. The molecule has 2 aromatic carbocycles. The van der Waals surface area contributed by atoms with Crippen LogP contribution in [0.3, 0.4) is 0 Å². The molecule has 0 saturated heterocycles. The molecule has 0 atom stereocenters. The number of hydrogen-bond acceptors (Lipinski definition) is 2. The Morgan fingerprint density at radius 1 is 1.05 bits per heavy atom. The van der Waals surface area contributed by atoms with Crippen LogP contribution in [0.2, 0.25) is 5.02 Å². The van der Waals surface area contributed by atoms with Crippen LogP contribution < -0.4 is 4.74 Å². The van der Waals surface area contributed by atoms with Crippen molar-refractivity contribution >= 4 is 11.6 Å². The summed E-state index contributed by atoms with van der Waals surface area (Å²) in [4.78, 5) is 0. The molecule has 0 radical (unpaired) electrons. The van der Waals surface area contributed by atoms with E-state index in [0.717, 1.165) is 16.9 Å². The fourth-order valence-corrected chi connectivity index (χ4v) is 1.74. The van der Waals surface area contributed by atoms with Gasteiger partial charge in [0.05, 0.1) is 0 Å². The lowest BCUT2D eigenvalue weighted by molar-refractivity contribution is 0.306. The van der Waals surface area contributed by atoms with Crippen LogP contribution in [0.5, 0.6) is 5.75 Å². The highest BCUT2D eigenvalue weighted by Gasteiger charge is 2.00. The van der Waals surface area contributed by atoms with E-state index >= 15 is 0 Å². The first-order valence-electron chi connectivity index (χ1n) is 5.85. The molecule has 0 amide bonds. The molecule has 0 spiro atoms. The lowest BCUT2D eigenvalue weighted by Crippen LogP contribution is -1.95. The summed E-state index contributed by atoms with van der Waals surface area (Å²) in [6, 6.07) is 15.0. The van der Waals surface area contributed by atoms with E-state index in [4.69, 9.17) is 21.4 Å². The molecule has 0 aliphatic rings. The van der Waals surface area contributed by atoms with E-state index in [1.165, 1.54) is 0 Å². The van der Waals surface area contributed by atoms with Gasteiger partial charge >= 0.3 is 0 Å². The zero-order chi connectivity index (χ0) is 13.5. The normalized spacial score (nSPS) is 9.58. The van der Waals surface area contributed by atoms with E-state index < -0.39 is 0 Å². The van der Waals surface area contributed by atoms with Crippen LogP contribution in [-0.2, 0) is 6.61 Å². The van der Waals surface area contributed by atoms with Gasteiger partial charge in [-0.25, -0.2) is 0 Å². The minimum Gasteiger partial charge on any atom is -0.489 e. The van der Waals surface area contributed by atoms with Crippen LogP contribution in [0.25, 0.3) is 0 Å². The van der Waals surface area contributed by atoms with E-state index in [-0.39, 0.29) is 6.61 Å². The number of aliphatic hydroxyl groups is 1. The molecule has 0 aliphatic carbocycles. The molecule has 0 aliphatic heterocycles. The molecular weight excluding hydrogens is 260 g/mol. The Balaban J connectivity index is 1.99. The summed E-state index contributed by atoms with van der Waals surface area (Å²) in [5.41, 5.74) is 1.80. The quantitative estimate of drug-likeness (QED) is 0.869.